The predicted octanol–water partition coefficient (Wildman–Crippen LogP) is 0.662. The lowest BCUT2D eigenvalue weighted by Crippen LogP contribution is -2.34. The van der Waals surface area contributed by atoms with Gasteiger partial charge in [-0.3, -0.25) is 4.79 Å². The molecule has 1 aliphatic heterocycles. The number of imide groups is 1. The van der Waals surface area contributed by atoms with E-state index in [1.54, 1.807) is 24.3 Å². The van der Waals surface area contributed by atoms with Crippen LogP contribution in [0.25, 0.3) is 0 Å². The average molecular weight is 207 g/mol. The summed E-state index contributed by atoms with van der Waals surface area (Å²) >= 11 is 0. The Hall–Kier alpha value is -1.88. The summed E-state index contributed by atoms with van der Waals surface area (Å²) in [5, 5.41) is 8.45. The van der Waals surface area contributed by atoms with Gasteiger partial charge in [0.1, 0.15) is 0 Å². The number of rotatable bonds is 1. The van der Waals surface area contributed by atoms with Crippen LogP contribution in [0.1, 0.15) is 5.56 Å². The molecule has 1 N–H and O–H groups in total. The van der Waals surface area contributed by atoms with E-state index < -0.39 is 12.9 Å². The second-order valence-electron chi connectivity index (χ2n) is 3.07. The molecular weight excluding hydrogens is 198 g/mol. The number of aliphatic hydroxyl groups is 1. The Morgan fingerprint density at radius 2 is 2.20 bits per heavy atom. The maximum atomic E-state index is 11.5. The summed E-state index contributed by atoms with van der Waals surface area (Å²) in [7, 11) is 0. The molecule has 1 aromatic carbocycles. The fourth-order valence-electron chi connectivity index (χ4n) is 1.57. The van der Waals surface area contributed by atoms with Crippen LogP contribution in [0.3, 0.4) is 0 Å². The van der Waals surface area contributed by atoms with Gasteiger partial charge in [0, 0.05) is 0 Å². The molecule has 0 atom stereocenters. The number of ether oxygens (including phenoxy) is 1. The Morgan fingerprint density at radius 1 is 1.47 bits per heavy atom. The number of anilines is 1. The van der Waals surface area contributed by atoms with Gasteiger partial charge in [-0.05, 0) is 11.6 Å². The first-order chi connectivity index (χ1) is 7.24. The van der Waals surface area contributed by atoms with Gasteiger partial charge in [0.05, 0.1) is 12.1 Å². The van der Waals surface area contributed by atoms with Gasteiger partial charge in [-0.15, -0.1) is 0 Å². The summed E-state index contributed by atoms with van der Waals surface area (Å²) < 4.78 is 4.37. The zero-order valence-electron chi connectivity index (χ0n) is 7.84. The predicted molar refractivity (Wildman–Crippen MR) is 51.2 cm³/mol. The van der Waals surface area contributed by atoms with Crippen LogP contribution in [-0.4, -0.2) is 23.9 Å². The van der Waals surface area contributed by atoms with Crippen molar-refractivity contribution >= 4 is 17.7 Å². The van der Waals surface area contributed by atoms with Crippen molar-refractivity contribution in [1.82, 2.24) is 0 Å². The molecule has 0 aromatic heterocycles. The van der Waals surface area contributed by atoms with Crippen molar-refractivity contribution in [1.29, 1.82) is 0 Å². The first-order valence-corrected chi connectivity index (χ1v) is 4.42. The van der Waals surface area contributed by atoms with Crippen LogP contribution in [0, 0.1) is 0 Å². The van der Waals surface area contributed by atoms with Crippen molar-refractivity contribution in [3.05, 3.63) is 29.8 Å². The molecule has 1 heterocycles. The van der Waals surface area contributed by atoms with E-state index in [4.69, 9.17) is 5.11 Å². The maximum Gasteiger partial charge on any atom is 0.423 e. The standard InChI is InChI=1S/C10H9NO4/c12-6-15-10(14)11-8-4-2-1-3-7(8)5-9(11)13/h1-4,12H,5-6H2. The minimum absolute atomic E-state index is 0.191. The number of hydrogen-bond acceptors (Lipinski definition) is 4. The smallest absolute Gasteiger partial charge is 0.422 e. The molecule has 78 valence electrons. The summed E-state index contributed by atoms with van der Waals surface area (Å²) in [5.74, 6) is -0.338. The Kier molecular flexibility index (Phi) is 2.39. The molecule has 0 saturated carbocycles. The van der Waals surface area contributed by atoms with Gasteiger partial charge >= 0.3 is 6.09 Å². The van der Waals surface area contributed by atoms with Gasteiger partial charge in [0.15, 0.2) is 6.79 Å². The number of amides is 2. The molecule has 1 aromatic rings. The quantitative estimate of drug-likeness (QED) is 0.687. The highest BCUT2D eigenvalue weighted by atomic mass is 16.6. The van der Waals surface area contributed by atoms with Crippen molar-refractivity contribution < 1.29 is 19.4 Å². The van der Waals surface area contributed by atoms with Crippen LogP contribution >= 0.6 is 0 Å². The number of benzene rings is 1. The van der Waals surface area contributed by atoms with Crippen LogP contribution in [0.4, 0.5) is 10.5 Å². The lowest BCUT2D eigenvalue weighted by molar-refractivity contribution is -0.117. The van der Waals surface area contributed by atoms with E-state index in [1.165, 1.54) is 0 Å². The molecule has 2 rings (SSSR count). The second kappa shape index (κ2) is 3.70. The van der Waals surface area contributed by atoms with Crippen molar-refractivity contribution in [2.75, 3.05) is 11.7 Å². The Labute approximate surface area is 85.9 Å². The third-order valence-electron chi connectivity index (χ3n) is 2.19. The number of carbonyl (C=O) groups excluding carboxylic acids is 2. The first kappa shape index (κ1) is 9.67. The highest BCUT2D eigenvalue weighted by molar-refractivity contribution is 6.16. The topological polar surface area (TPSA) is 66.8 Å². The Morgan fingerprint density at radius 3 is 2.93 bits per heavy atom. The Bertz CT molecular complexity index is 416. The highest BCUT2D eigenvalue weighted by Gasteiger charge is 2.32. The normalized spacial score (nSPS) is 13.9. The van der Waals surface area contributed by atoms with E-state index in [-0.39, 0.29) is 12.3 Å². The first-order valence-electron chi connectivity index (χ1n) is 4.42. The molecular formula is C10H9NO4. The Balaban J connectivity index is 2.33. The van der Waals surface area contributed by atoms with Crippen molar-refractivity contribution in [2.45, 2.75) is 6.42 Å². The molecule has 0 aliphatic carbocycles. The molecule has 0 bridgehead atoms. The van der Waals surface area contributed by atoms with Crippen LogP contribution < -0.4 is 4.90 Å². The molecule has 15 heavy (non-hydrogen) atoms. The molecule has 2 amide bonds. The fraction of sp³-hybridized carbons (Fsp3) is 0.200. The largest absolute Gasteiger partial charge is 0.423 e. The maximum absolute atomic E-state index is 11.5. The SMILES string of the molecule is O=C1Cc2ccccc2N1C(=O)OCO. The van der Waals surface area contributed by atoms with Crippen molar-refractivity contribution in [3.63, 3.8) is 0 Å². The summed E-state index contributed by atoms with van der Waals surface area (Å²) in [4.78, 5) is 23.8. The van der Waals surface area contributed by atoms with Gasteiger partial charge < -0.3 is 9.84 Å². The molecule has 5 nitrogen and oxygen atoms in total. The third kappa shape index (κ3) is 1.57. The van der Waals surface area contributed by atoms with Gasteiger partial charge in [0.25, 0.3) is 0 Å². The van der Waals surface area contributed by atoms with Crippen LogP contribution in [0.5, 0.6) is 0 Å². The van der Waals surface area contributed by atoms with E-state index in [0.717, 1.165) is 10.5 Å². The lowest BCUT2D eigenvalue weighted by atomic mass is 10.2. The third-order valence-corrected chi connectivity index (χ3v) is 2.19. The zero-order chi connectivity index (χ0) is 10.8. The van der Waals surface area contributed by atoms with E-state index in [2.05, 4.69) is 4.74 Å². The lowest BCUT2D eigenvalue weighted by Gasteiger charge is -2.13. The molecule has 1 aliphatic rings. The number of aliphatic hydroxyl groups excluding tert-OH is 1. The van der Waals surface area contributed by atoms with Gasteiger partial charge in [-0.1, -0.05) is 18.2 Å². The van der Waals surface area contributed by atoms with Crippen LogP contribution in [0.2, 0.25) is 0 Å². The van der Waals surface area contributed by atoms with Gasteiger partial charge in [-0.2, -0.15) is 0 Å². The number of hydrogen-bond donors (Lipinski definition) is 1. The summed E-state index contributed by atoms with van der Waals surface area (Å²) in [6, 6.07) is 6.97. The summed E-state index contributed by atoms with van der Waals surface area (Å²) in [6.07, 6.45) is -0.649. The minimum atomic E-state index is -0.840. The van der Waals surface area contributed by atoms with E-state index in [0.29, 0.717) is 5.69 Å². The van der Waals surface area contributed by atoms with Crippen LogP contribution in [0.15, 0.2) is 24.3 Å². The minimum Gasteiger partial charge on any atom is -0.422 e. The molecule has 0 spiro atoms. The number of nitrogens with zero attached hydrogens (tertiary/aromatic N) is 1. The van der Waals surface area contributed by atoms with E-state index in [1.807, 2.05) is 0 Å². The van der Waals surface area contributed by atoms with Gasteiger partial charge in [0.2, 0.25) is 5.91 Å². The zero-order valence-corrected chi connectivity index (χ0v) is 7.84. The molecule has 5 heteroatoms. The van der Waals surface area contributed by atoms with Crippen LogP contribution in [-0.2, 0) is 16.0 Å². The molecule has 0 fully saturated rings. The highest BCUT2D eigenvalue weighted by Crippen LogP contribution is 2.28. The molecule has 0 saturated heterocycles. The monoisotopic (exact) mass is 207 g/mol. The summed E-state index contributed by atoms with van der Waals surface area (Å²) in [5.41, 5.74) is 1.32. The fourth-order valence-corrected chi connectivity index (χ4v) is 1.57. The van der Waals surface area contributed by atoms with Gasteiger partial charge in [-0.25, -0.2) is 9.69 Å². The average Bonchev–Trinajstić information content (AvgIpc) is 2.54. The number of fused-ring (bicyclic) bond motifs is 1. The van der Waals surface area contributed by atoms with Crippen molar-refractivity contribution in [2.24, 2.45) is 0 Å². The van der Waals surface area contributed by atoms with Crippen molar-refractivity contribution in [3.8, 4) is 0 Å². The second-order valence-corrected chi connectivity index (χ2v) is 3.07. The molecule has 0 unspecified atom stereocenters. The number of para-hydroxylation sites is 1. The summed E-state index contributed by atoms with van der Waals surface area (Å²) in [6.45, 7) is -0.731. The van der Waals surface area contributed by atoms with E-state index in [9.17, 15) is 9.59 Å². The number of carbonyl (C=O) groups is 2. The van der Waals surface area contributed by atoms with E-state index >= 15 is 0 Å². The molecule has 0 radical (unpaired) electrons.